The Balaban J connectivity index is 1.56. The molecule has 4 aliphatic carbocycles. The van der Waals surface area contributed by atoms with Gasteiger partial charge in [0.05, 0.1) is 12.4 Å². The average Bonchev–Trinajstić information content (AvgIpc) is 3.11. The molecule has 4 unspecified atom stereocenters. The summed E-state index contributed by atoms with van der Waals surface area (Å²) in [4.78, 5) is 0. The maximum atomic E-state index is 6.05. The number of hydrogen-bond acceptors (Lipinski definition) is 3. The quantitative estimate of drug-likeness (QED) is 0.383. The second kappa shape index (κ2) is 9.21. The van der Waals surface area contributed by atoms with Crippen LogP contribution in [-0.2, 0) is 14.2 Å². The molecule has 0 N–H and O–H groups in total. The summed E-state index contributed by atoms with van der Waals surface area (Å²) in [5.74, 6) is 4.88. The molecule has 0 saturated heterocycles. The van der Waals surface area contributed by atoms with E-state index in [1.54, 1.807) is 5.57 Å². The molecule has 0 radical (unpaired) electrons. The fraction of sp³-hybridized carbons (Fsp3) is 0.857. The van der Waals surface area contributed by atoms with Crippen molar-refractivity contribution in [1.82, 2.24) is 0 Å². The fourth-order valence-electron chi connectivity index (χ4n) is 8.37. The molecule has 3 nitrogen and oxygen atoms in total. The average molecular weight is 431 g/mol. The minimum absolute atomic E-state index is 0.0517. The van der Waals surface area contributed by atoms with Crippen LogP contribution in [0.15, 0.2) is 23.5 Å². The van der Waals surface area contributed by atoms with Crippen LogP contribution < -0.4 is 0 Å². The highest BCUT2D eigenvalue weighted by atomic mass is 16.7. The van der Waals surface area contributed by atoms with Gasteiger partial charge in [0.15, 0.2) is 6.29 Å². The summed E-state index contributed by atoms with van der Waals surface area (Å²) in [5.41, 5.74) is 2.34. The lowest BCUT2D eigenvalue weighted by molar-refractivity contribution is -0.185. The summed E-state index contributed by atoms with van der Waals surface area (Å²) < 4.78 is 18.0. The van der Waals surface area contributed by atoms with Gasteiger partial charge in [-0.15, -0.1) is 0 Å². The van der Waals surface area contributed by atoms with Crippen LogP contribution in [0.2, 0.25) is 0 Å². The Labute approximate surface area is 191 Å². The third-order valence-corrected chi connectivity index (χ3v) is 9.86. The van der Waals surface area contributed by atoms with E-state index in [4.69, 9.17) is 14.2 Å². The van der Waals surface area contributed by atoms with Crippen LogP contribution in [-0.4, -0.2) is 26.1 Å². The zero-order chi connectivity index (χ0) is 22.2. The van der Waals surface area contributed by atoms with Gasteiger partial charge in [0, 0.05) is 25.6 Å². The molecule has 0 aromatic rings. The van der Waals surface area contributed by atoms with Crippen molar-refractivity contribution in [2.75, 3.05) is 19.8 Å². The van der Waals surface area contributed by atoms with Crippen molar-refractivity contribution in [2.24, 2.45) is 40.4 Å². The molecule has 7 atom stereocenters. The predicted molar refractivity (Wildman–Crippen MR) is 126 cm³/mol. The van der Waals surface area contributed by atoms with Gasteiger partial charge in [-0.1, -0.05) is 26.8 Å². The summed E-state index contributed by atoms with van der Waals surface area (Å²) >= 11 is 0. The van der Waals surface area contributed by atoms with E-state index in [0.717, 1.165) is 44.0 Å². The summed E-state index contributed by atoms with van der Waals surface area (Å²) in [6, 6.07) is 0. The van der Waals surface area contributed by atoms with Crippen LogP contribution in [0.5, 0.6) is 0 Å². The van der Waals surface area contributed by atoms with Crippen molar-refractivity contribution in [3.8, 4) is 0 Å². The molecule has 176 valence electrons. The van der Waals surface area contributed by atoms with Gasteiger partial charge in [-0.05, 0) is 105 Å². The van der Waals surface area contributed by atoms with Crippen LogP contribution in [0, 0.1) is 40.4 Å². The Hall–Kier alpha value is -0.800. The molecule has 0 aromatic heterocycles. The van der Waals surface area contributed by atoms with Crippen molar-refractivity contribution in [3.63, 3.8) is 0 Å². The first-order chi connectivity index (χ1) is 14.9. The number of fused-ring (bicyclic) bond motifs is 5. The minimum Gasteiger partial charge on any atom is -0.498 e. The third-order valence-electron chi connectivity index (χ3n) is 9.86. The molecule has 2 saturated carbocycles. The van der Waals surface area contributed by atoms with Crippen LogP contribution in [0.25, 0.3) is 0 Å². The van der Waals surface area contributed by atoms with E-state index in [1.807, 2.05) is 0 Å². The molecule has 0 aliphatic heterocycles. The number of allylic oxidation sites excluding steroid dienone is 4. The lowest BCUT2D eigenvalue weighted by atomic mass is 9.47. The van der Waals surface area contributed by atoms with Crippen LogP contribution in [0.1, 0.15) is 86.5 Å². The summed E-state index contributed by atoms with van der Waals surface area (Å²) in [6.45, 7) is 16.1. The zero-order valence-corrected chi connectivity index (χ0v) is 20.9. The zero-order valence-electron chi connectivity index (χ0n) is 20.9. The molecule has 2 fully saturated rings. The van der Waals surface area contributed by atoms with Gasteiger partial charge in [-0.3, -0.25) is 0 Å². The molecule has 0 spiro atoms. The topological polar surface area (TPSA) is 27.7 Å². The lowest BCUT2D eigenvalue weighted by Gasteiger charge is -2.57. The monoisotopic (exact) mass is 430 g/mol. The fourth-order valence-corrected chi connectivity index (χ4v) is 8.37. The molecular formula is C28H46O3. The van der Waals surface area contributed by atoms with Gasteiger partial charge in [-0.25, -0.2) is 0 Å². The van der Waals surface area contributed by atoms with Gasteiger partial charge in [0.1, 0.15) is 0 Å². The van der Waals surface area contributed by atoms with Crippen molar-refractivity contribution < 1.29 is 14.2 Å². The van der Waals surface area contributed by atoms with E-state index in [2.05, 4.69) is 53.7 Å². The smallest absolute Gasteiger partial charge is 0.160 e. The van der Waals surface area contributed by atoms with E-state index in [-0.39, 0.29) is 6.29 Å². The molecule has 0 heterocycles. The number of rotatable bonds is 8. The van der Waals surface area contributed by atoms with Crippen LogP contribution in [0.3, 0.4) is 0 Å². The first kappa shape index (κ1) is 23.4. The highest BCUT2D eigenvalue weighted by molar-refractivity contribution is 5.35. The van der Waals surface area contributed by atoms with Crippen LogP contribution >= 0.6 is 0 Å². The van der Waals surface area contributed by atoms with E-state index >= 15 is 0 Å². The molecule has 0 amide bonds. The standard InChI is InChI=1S/C28H46O3/c1-7-29-21-14-16-27(5)20(18-21)10-11-22-24-13-12-23(28(24,6)17-15-25(22)27)19(4)26(30-8-2)31-9-3/h10,18-19,22-26H,7-9,11-17H2,1-6H3/t19-,22?,23?,24?,25?,27-,28+/m0/s1. The van der Waals surface area contributed by atoms with Crippen molar-refractivity contribution in [3.05, 3.63) is 23.5 Å². The highest BCUT2D eigenvalue weighted by Crippen LogP contribution is 2.67. The Morgan fingerprint density at radius 3 is 2.39 bits per heavy atom. The van der Waals surface area contributed by atoms with Crippen LogP contribution in [0.4, 0.5) is 0 Å². The molecule has 0 aromatic carbocycles. The maximum absolute atomic E-state index is 6.05. The first-order valence-corrected chi connectivity index (χ1v) is 13.2. The Bertz CT molecular complexity index is 690. The van der Waals surface area contributed by atoms with Gasteiger partial charge in [-0.2, -0.15) is 0 Å². The van der Waals surface area contributed by atoms with Gasteiger partial charge in [0.2, 0.25) is 0 Å². The van der Waals surface area contributed by atoms with Gasteiger partial charge < -0.3 is 14.2 Å². The number of ether oxygens (including phenoxy) is 3. The Morgan fingerprint density at radius 1 is 0.968 bits per heavy atom. The molecule has 31 heavy (non-hydrogen) atoms. The lowest BCUT2D eigenvalue weighted by Crippen LogP contribution is -2.50. The Morgan fingerprint density at radius 2 is 1.71 bits per heavy atom. The minimum atomic E-state index is -0.0517. The van der Waals surface area contributed by atoms with Gasteiger partial charge >= 0.3 is 0 Å². The van der Waals surface area contributed by atoms with Crippen molar-refractivity contribution >= 4 is 0 Å². The molecule has 4 aliphatic rings. The maximum Gasteiger partial charge on any atom is 0.160 e. The second-order valence-electron chi connectivity index (χ2n) is 11.1. The van der Waals surface area contributed by atoms with E-state index < -0.39 is 0 Å². The largest absolute Gasteiger partial charge is 0.498 e. The summed E-state index contributed by atoms with van der Waals surface area (Å²) in [5, 5.41) is 0. The van der Waals surface area contributed by atoms with E-state index in [9.17, 15) is 0 Å². The second-order valence-corrected chi connectivity index (χ2v) is 11.1. The normalized spacial score (nSPS) is 40.5. The predicted octanol–water partition coefficient (Wildman–Crippen LogP) is 7.13. The van der Waals surface area contributed by atoms with Gasteiger partial charge in [0.25, 0.3) is 0 Å². The van der Waals surface area contributed by atoms with E-state index in [1.165, 1.54) is 44.3 Å². The first-order valence-electron chi connectivity index (χ1n) is 13.2. The third kappa shape index (κ3) is 3.92. The Kier molecular flexibility index (Phi) is 6.94. The van der Waals surface area contributed by atoms with Crippen molar-refractivity contribution in [2.45, 2.75) is 92.8 Å². The highest BCUT2D eigenvalue weighted by Gasteiger charge is 2.59. The SMILES string of the molecule is CCOC1=CC2=CCC3C4CCC([C@H](C)C(OCC)OCC)[C@@]4(C)CCC3[C@@]2(C)CC1. The summed E-state index contributed by atoms with van der Waals surface area (Å²) in [7, 11) is 0. The van der Waals surface area contributed by atoms with E-state index in [0.29, 0.717) is 22.7 Å². The van der Waals surface area contributed by atoms with Crippen molar-refractivity contribution in [1.29, 1.82) is 0 Å². The molecule has 0 bridgehead atoms. The molecule has 3 heteroatoms. The number of hydrogen-bond donors (Lipinski definition) is 0. The molecular weight excluding hydrogens is 384 g/mol. The molecule has 4 rings (SSSR count). The summed E-state index contributed by atoms with van der Waals surface area (Å²) in [6.07, 6.45) is 14.0.